The van der Waals surface area contributed by atoms with Crippen molar-refractivity contribution in [3.8, 4) is 0 Å². The van der Waals surface area contributed by atoms with Crippen molar-refractivity contribution in [2.45, 2.75) is 0 Å². The number of benzene rings is 8. The van der Waals surface area contributed by atoms with Gasteiger partial charge >= 0.3 is 29.6 Å². The Morgan fingerprint density at radius 1 is 0.170 bits per heavy atom. The van der Waals surface area contributed by atoms with Crippen LogP contribution in [0.5, 0.6) is 0 Å². The lowest BCUT2D eigenvalue weighted by atomic mass is 10.3. The van der Waals surface area contributed by atoms with Crippen molar-refractivity contribution in [1.82, 2.24) is 39.9 Å². The molecule has 0 aliphatic carbocycles. The quantitative estimate of drug-likeness (QED) is 0.0510. The molecule has 0 unspecified atom stereocenters. The number of nitrogens with one attached hydrogen (secondary N) is 8. The lowest BCUT2D eigenvalue weighted by Gasteiger charge is -1.83. The van der Waals surface area contributed by atoms with E-state index in [0.29, 0.717) is 0 Å². The molecule has 0 saturated heterocycles. The number of hydrogen-bond acceptors (Lipinski definition) is 8. The first-order chi connectivity index (χ1) is 42.7. The van der Waals surface area contributed by atoms with E-state index < -0.39 is 29.6 Å². The van der Waals surface area contributed by atoms with Gasteiger partial charge in [0.05, 0.1) is 0 Å². The summed E-state index contributed by atoms with van der Waals surface area (Å²) in [6.45, 7) is 0. The molecule has 0 fully saturated rings. The van der Waals surface area contributed by atoms with Crippen LogP contribution in [0, 0.1) is 0 Å². The standard InChI is InChI=1S/8C8H7N.4BFH2O2/c8*1-2-4-8-7(3-1)5-6-9-8;4*2-1(3)4/h8*1-6,9H;4*3-4H. The van der Waals surface area contributed by atoms with E-state index in [2.05, 4.69) is 185 Å². The van der Waals surface area contributed by atoms with Gasteiger partial charge in [0, 0.05) is 93.7 Å². The number of halogens is 4. The van der Waals surface area contributed by atoms with Crippen LogP contribution in [0.4, 0.5) is 17.3 Å². The minimum atomic E-state index is -2.67. The van der Waals surface area contributed by atoms with Gasteiger partial charge in [0.1, 0.15) is 0 Å². The van der Waals surface area contributed by atoms with Crippen LogP contribution in [-0.4, -0.2) is 110 Å². The number of aromatic nitrogens is 8. The molecule has 16 nitrogen and oxygen atoms in total. The van der Waals surface area contributed by atoms with Crippen molar-refractivity contribution in [2.75, 3.05) is 0 Å². The normalized spacial score (nSPS) is 9.59. The number of fused-ring (bicyclic) bond motifs is 8. The van der Waals surface area contributed by atoms with Crippen LogP contribution in [0.25, 0.3) is 87.2 Å². The fourth-order valence-electron chi connectivity index (χ4n) is 7.96. The van der Waals surface area contributed by atoms with Gasteiger partial charge < -0.3 is 80.1 Å². The molecule has 0 amide bonds. The maximum Gasteiger partial charge on any atom is 0.674 e. The number of rotatable bonds is 0. The highest BCUT2D eigenvalue weighted by atomic mass is 19.1. The van der Waals surface area contributed by atoms with E-state index >= 15 is 0 Å². The lowest BCUT2D eigenvalue weighted by Crippen LogP contribution is -1.98. The largest absolute Gasteiger partial charge is 0.674 e. The maximum absolute atomic E-state index is 10.1. The second kappa shape index (κ2) is 39.4. The van der Waals surface area contributed by atoms with Crippen molar-refractivity contribution < 1.29 is 57.5 Å². The van der Waals surface area contributed by atoms with Gasteiger partial charge in [-0.25, -0.2) is 0 Å². The Kier molecular flexibility index (Phi) is 30.7. The Morgan fingerprint density at radius 3 is 0.352 bits per heavy atom. The molecule has 24 heteroatoms. The number of aromatic amines is 8. The number of H-pyrrole nitrogens is 8. The zero-order valence-corrected chi connectivity index (χ0v) is 47.1. The first-order valence-corrected chi connectivity index (χ1v) is 26.8. The summed E-state index contributed by atoms with van der Waals surface area (Å²) >= 11 is 0. The minimum Gasteiger partial charge on any atom is -0.398 e. The van der Waals surface area contributed by atoms with E-state index in [9.17, 15) is 17.3 Å². The van der Waals surface area contributed by atoms with Crippen molar-refractivity contribution in [3.63, 3.8) is 0 Å². The molecule has 0 aliphatic rings. The van der Waals surface area contributed by atoms with E-state index in [0.717, 1.165) is 0 Å². The second-order valence-corrected chi connectivity index (χ2v) is 17.8. The van der Waals surface area contributed by atoms with Gasteiger partial charge in [-0.15, -0.1) is 0 Å². The summed E-state index contributed by atoms with van der Waals surface area (Å²) in [6.07, 6.45) is 15.6. The highest BCUT2D eigenvalue weighted by molar-refractivity contribution is 6.32. The minimum absolute atomic E-state index is 1.21. The van der Waals surface area contributed by atoms with Crippen LogP contribution >= 0.6 is 0 Å². The van der Waals surface area contributed by atoms with E-state index in [1.54, 1.807) is 0 Å². The van der Waals surface area contributed by atoms with Gasteiger partial charge in [0.2, 0.25) is 0 Å². The number of para-hydroxylation sites is 8. The van der Waals surface area contributed by atoms with Crippen molar-refractivity contribution in [2.24, 2.45) is 0 Å². The van der Waals surface area contributed by atoms with E-state index in [1.165, 1.54) is 87.2 Å². The SMILES string of the molecule is OB(O)F.OB(O)F.OB(O)F.OB(O)F.c1ccc2[nH]ccc2c1.c1ccc2[nH]ccc2c1.c1ccc2[nH]ccc2c1.c1ccc2[nH]ccc2c1.c1ccc2[nH]ccc2c1.c1ccc2[nH]ccc2c1.c1ccc2[nH]ccc2c1.c1ccc2[nH]ccc2c1. The molecule has 0 saturated carbocycles. The topological polar surface area (TPSA) is 288 Å². The zero-order valence-electron chi connectivity index (χ0n) is 47.1. The molecule has 16 rings (SSSR count). The average molecular weight is 1190 g/mol. The lowest BCUT2D eigenvalue weighted by molar-refractivity contribution is 0.338. The highest BCUT2D eigenvalue weighted by Crippen LogP contribution is 2.14. The molecule has 0 bridgehead atoms. The van der Waals surface area contributed by atoms with E-state index in [-0.39, 0.29) is 0 Å². The van der Waals surface area contributed by atoms with Crippen LogP contribution in [0.2, 0.25) is 0 Å². The average Bonchev–Trinajstić information content (AvgIpc) is 4.45. The van der Waals surface area contributed by atoms with Crippen LogP contribution in [0.3, 0.4) is 0 Å². The number of hydrogen-bond donors (Lipinski definition) is 16. The first kappa shape index (κ1) is 68.5. The van der Waals surface area contributed by atoms with Gasteiger partial charge in [0.15, 0.2) is 0 Å². The molecule has 0 aliphatic heterocycles. The highest BCUT2D eigenvalue weighted by Gasteiger charge is 1.99. The van der Waals surface area contributed by atoms with Crippen molar-refractivity contribution in [1.29, 1.82) is 0 Å². The summed E-state index contributed by atoms with van der Waals surface area (Å²) < 4.78 is 40.4. The van der Waals surface area contributed by atoms with Gasteiger partial charge in [-0.2, -0.15) is 0 Å². The van der Waals surface area contributed by atoms with Crippen LogP contribution < -0.4 is 0 Å². The third-order valence-corrected chi connectivity index (χ3v) is 11.7. The molecule has 448 valence electrons. The molecule has 0 radical (unpaired) electrons. The first-order valence-electron chi connectivity index (χ1n) is 26.8. The van der Waals surface area contributed by atoms with Crippen molar-refractivity contribution in [3.05, 3.63) is 292 Å². The Bertz CT molecular complexity index is 3290. The third kappa shape index (κ3) is 26.8. The molecule has 0 spiro atoms. The summed E-state index contributed by atoms with van der Waals surface area (Å²) in [7, 11) is -10.7. The van der Waals surface area contributed by atoms with Crippen LogP contribution in [-0.2, 0) is 0 Å². The van der Waals surface area contributed by atoms with Gasteiger partial charge in [0.25, 0.3) is 0 Å². The Morgan fingerprint density at radius 2 is 0.261 bits per heavy atom. The maximum atomic E-state index is 10.1. The molecular weight excluding hydrogens is 1130 g/mol. The second-order valence-electron chi connectivity index (χ2n) is 17.8. The summed E-state index contributed by atoms with van der Waals surface area (Å²) in [5.41, 5.74) is 9.65. The summed E-state index contributed by atoms with van der Waals surface area (Å²) in [5, 5.41) is 65.8. The Labute approximate surface area is 504 Å². The van der Waals surface area contributed by atoms with Gasteiger partial charge in [-0.3, -0.25) is 17.3 Å². The van der Waals surface area contributed by atoms with Crippen molar-refractivity contribution >= 4 is 117 Å². The van der Waals surface area contributed by atoms with Crippen LogP contribution in [0.1, 0.15) is 0 Å². The fraction of sp³-hybridized carbons (Fsp3) is 0. The Balaban J connectivity index is 0.000000177. The van der Waals surface area contributed by atoms with Gasteiger partial charge in [-0.05, 0) is 140 Å². The molecule has 16 N–H and O–H groups in total. The van der Waals surface area contributed by atoms with E-state index in [1.807, 2.05) is 147 Å². The monoisotopic (exact) mass is 1190 g/mol. The van der Waals surface area contributed by atoms with Gasteiger partial charge in [-0.1, -0.05) is 146 Å². The summed E-state index contributed by atoms with van der Waals surface area (Å²) in [6, 6.07) is 82.3. The summed E-state index contributed by atoms with van der Waals surface area (Å²) in [4.78, 5) is 25.0. The van der Waals surface area contributed by atoms with E-state index in [4.69, 9.17) is 40.2 Å². The molecule has 8 aromatic carbocycles. The summed E-state index contributed by atoms with van der Waals surface area (Å²) in [5.74, 6) is 0. The molecular formula is C64H64B4F4N8O8. The third-order valence-electron chi connectivity index (χ3n) is 11.7. The fourth-order valence-corrected chi connectivity index (χ4v) is 7.96. The molecule has 8 heterocycles. The molecule has 8 aromatic heterocycles. The molecule has 88 heavy (non-hydrogen) atoms. The predicted octanol–water partition coefficient (Wildman–Crippen LogP) is 13.0. The van der Waals surface area contributed by atoms with Crippen LogP contribution in [0.15, 0.2) is 292 Å². The molecule has 16 aromatic rings. The Hall–Kier alpha value is -10.3. The smallest absolute Gasteiger partial charge is 0.398 e. The molecule has 0 atom stereocenters. The predicted molar refractivity (Wildman–Crippen MR) is 352 cm³/mol. The zero-order chi connectivity index (χ0) is 63.1.